The van der Waals surface area contributed by atoms with Crippen molar-refractivity contribution in [2.24, 2.45) is 5.92 Å². The largest absolute Gasteiger partial charge is 0.421 e. The number of imide groups is 2. The second-order valence-electron chi connectivity index (χ2n) is 6.25. The Morgan fingerprint density at radius 3 is 2.19 bits per heavy atom. The monoisotopic (exact) mass is 400 g/mol. The summed E-state index contributed by atoms with van der Waals surface area (Å²) in [4.78, 5) is 58.9. The third-order valence-electron chi connectivity index (χ3n) is 4.34. The molecule has 0 aromatic rings. The van der Waals surface area contributed by atoms with Gasteiger partial charge in [-0.05, 0) is 18.8 Å². The highest BCUT2D eigenvalue weighted by Crippen LogP contribution is 2.20. The Morgan fingerprint density at radius 2 is 1.67 bits per heavy atom. The van der Waals surface area contributed by atoms with E-state index in [1.165, 1.54) is 12.2 Å². The molecule has 2 rings (SSSR count). The van der Waals surface area contributed by atoms with Crippen molar-refractivity contribution < 1.29 is 36.6 Å². The van der Waals surface area contributed by atoms with Crippen LogP contribution in [0.3, 0.4) is 0 Å². The summed E-state index contributed by atoms with van der Waals surface area (Å²) in [5.41, 5.74) is 0. The van der Waals surface area contributed by atoms with Crippen LogP contribution in [0.5, 0.6) is 0 Å². The molecule has 2 heterocycles. The highest BCUT2D eigenvalue weighted by atomic mass is 32.2. The number of carbonyl (C=O) groups excluding carboxylic acids is 5. The van der Waals surface area contributed by atoms with E-state index in [1.54, 1.807) is 0 Å². The Morgan fingerprint density at radius 1 is 1.11 bits per heavy atom. The zero-order valence-electron chi connectivity index (χ0n) is 14.8. The van der Waals surface area contributed by atoms with E-state index in [-0.39, 0.29) is 54.3 Å². The van der Waals surface area contributed by atoms with E-state index < -0.39 is 28.1 Å². The molecule has 1 fully saturated rings. The SMILES string of the molecule is CCC(CCCC(=O)OS(=O)(=O)N1C(=O)CCC1=O)CN1C(=O)C=CC1=O. The average Bonchev–Trinajstić information content (AvgIpc) is 3.09. The molecule has 1 saturated heterocycles. The average molecular weight is 400 g/mol. The zero-order valence-corrected chi connectivity index (χ0v) is 15.6. The van der Waals surface area contributed by atoms with Gasteiger partial charge in [0, 0.05) is 38.0 Å². The predicted octanol–water partition coefficient (Wildman–Crippen LogP) is 0.0449. The molecular weight excluding hydrogens is 380 g/mol. The molecule has 27 heavy (non-hydrogen) atoms. The minimum atomic E-state index is -4.77. The van der Waals surface area contributed by atoms with Crippen molar-refractivity contribution in [1.29, 1.82) is 0 Å². The van der Waals surface area contributed by atoms with Crippen LogP contribution in [0.1, 0.15) is 45.4 Å². The quantitative estimate of drug-likeness (QED) is 0.495. The van der Waals surface area contributed by atoms with E-state index in [4.69, 9.17) is 0 Å². The van der Waals surface area contributed by atoms with E-state index in [9.17, 15) is 32.4 Å². The summed E-state index contributed by atoms with van der Waals surface area (Å²) in [5, 5.41) is 0. The van der Waals surface area contributed by atoms with Crippen LogP contribution in [-0.4, -0.2) is 53.8 Å². The van der Waals surface area contributed by atoms with E-state index >= 15 is 0 Å². The van der Waals surface area contributed by atoms with Gasteiger partial charge < -0.3 is 4.18 Å². The number of amides is 4. The molecule has 1 atom stereocenters. The van der Waals surface area contributed by atoms with E-state index in [2.05, 4.69) is 4.18 Å². The molecule has 2 aliphatic heterocycles. The predicted molar refractivity (Wildman–Crippen MR) is 89.6 cm³/mol. The van der Waals surface area contributed by atoms with Gasteiger partial charge in [0.25, 0.3) is 11.8 Å². The lowest BCUT2D eigenvalue weighted by atomic mass is 9.98. The van der Waals surface area contributed by atoms with Gasteiger partial charge in [0.2, 0.25) is 11.8 Å². The Balaban J connectivity index is 1.81. The number of carbonyl (C=O) groups is 5. The number of hydrogen-bond acceptors (Lipinski definition) is 8. The molecule has 0 aliphatic carbocycles. The van der Waals surface area contributed by atoms with Crippen molar-refractivity contribution in [3.05, 3.63) is 12.2 Å². The second kappa shape index (κ2) is 8.42. The first-order valence-electron chi connectivity index (χ1n) is 8.52. The van der Waals surface area contributed by atoms with Crippen LogP contribution in [0.2, 0.25) is 0 Å². The maximum absolute atomic E-state index is 11.9. The molecule has 148 valence electrons. The second-order valence-corrected chi connectivity index (χ2v) is 7.64. The standard InChI is InChI=1S/C16H20N2O8S/c1-2-11(10-17-12(19)6-7-13(17)20)4-3-5-16(23)26-27(24,25)18-14(21)8-9-15(18)22/h6-7,11H,2-5,8-10H2,1H3. The fourth-order valence-electron chi connectivity index (χ4n) is 2.83. The van der Waals surface area contributed by atoms with Gasteiger partial charge in [0.1, 0.15) is 0 Å². The van der Waals surface area contributed by atoms with Crippen molar-refractivity contribution in [1.82, 2.24) is 9.21 Å². The number of nitrogens with zero attached hydrogens (tertiary/aromatic N) is 2. The van der Waals surface area contributed by atoms with Crippen molar-refractivity contribution in [3.8, 4) is 0 Å². The molecule has 0 saturated carbocycles. The first kappa shape index (κ1) is 20.7. The smallest absolute Gasteiger partial charge is 0.330 e. The highest BCUT2D eigenvalue weighted by molar-refractivity contribution is 7.86. The Labute approximate surface area is 156 Å². The molecule has 1 unspecified atom stereocenters. The van der Waals surface area contributed by atoms with Crippen LogP contribution >= 0.6 is 0 Å². The van der Waals surface area contributed by atoms with E-state index in [1.807, 2.05) is 6.92 Å². The van der Waals surface area contributed by atoms with Crippen molar-refractivity contribution in [2.45, 2.75) is 45.4 Å². The van der Waals surface area contributed by atoms with Crippen LogP contribution in [0.25, 0.3) is 0 Å². The lowest BCUT2D eigenvalue weighted by Crippen LogP contribution is -2.38. The maximum Gasteiger partial charge on any atom is 0.421 e. The Hall–Kier alpha value is -2.56. The summed E-state index contributed by atoms with van der Waals surface area (Å²) in [6.07, 6.45) is 3.04. The van der Waals surface area contributed by atoms with Crippen LogP contribution in [0, 0.1) is 5.92 Å². The third-order valence-corrected chi connectivity index (χ3v) is 5.59. The molecule has 0 bridgehead atoms. The van der Waals surface area contributed by atoms with Crippen LogP contribution in [0.15, 0.2) is 12.2 Å². The molecule has 0 spiro atoms. The van der Waals surface area contributed by atoms with Gasteiger partial charge >= 0.3 is 16.3 Å². The molecule has 0 aromatic heterocycles. The van der Waals surface area contributed by atoms with E-state index in [0.717, 1.165) is 4.90 Å². The van der Waals surface area contributed by atoms with Gasteiger partial charge in [0.05, 0.1) is 0 Å². The molecular formula is C16H20N2O8S. The number of rotatable bonds is 9. The first-order valence-corrected chi connectivity index (χ1v) is 9.89. The molecule has 4 amide bonds. The lowest BCUT2D eigenvalue weighted by molar-refractivity contribution is -0.139. The third kappa shape index (κ3) is 5.00. The lowest BCUT2D eigenvalue weighted by Gasteiger charge is -2.21. The summed E-state index contributed by atoms with van der Waals surface area (Å²) in [5.74, 6) is -3.75. The Bertz CT molecular complexity index is 767. The topological polar surface area (TPSA) is 135 Å². The molecule has 0 N–H and O–H groups in total. The van der Waals surface area contributed by atoms with Crippen molar-refractivity contribution in [3.63, 3.8) is 0 Å². The van der Waals surface area contributed by atoms with Crippen LogP contribution in [-0.2, 0) is 38.5 Å². The molecule has 11 heteroatoms. The van der Waals surface area contributed by atoms with Gasteiger partial charge in [-0.2, -0.15) is 8.42 Å². The summed E-state index contributed by atoms with van der Waals surface area (Å²) in [6.45, 7) is 2.09. The summed E-state index contributed by atoms with van der Waals surface area (Å²) < 4.78 is 28.1. The van der Waals surface area contributed by atoms with Crippen molar-refractivity contribution >= 4 is 39.9 Å². The first-order chi connectivity index (χ1) is 12.7. The maximum atomic E-state index is 11.9. The van der Waals surface area contributed by atoms with Crippen LogP contribution < -0.4 is 0 Å². The van der Waals surface area contributed by atoms with Gasteiger partial charge in [0.15, 0.2) is 0 Å². The molecule has 0 radical (unpaired) electrons. The van der Waals surface area contributed by atoms with Crippen LogP contribution in [0.4, 0.5) is 0 Å². The molecule has 0 aromatic carbocycles. The zero-order chi connectivity index (χ0) is 20.2. The summed E-state index contributed by atoms with van der Waals surface area (Å²) in [7, 11) is -4.77. The van der Waals surface area contributed by atoms with Gasteiger partial charge in [-0.3, -0.25) is 28.9 Å². The Kier molecular flexibility index (Phi) is 6.47. The highest BCUT2D eigenvalue weighted by Gasteiger charge is 2.41. The van der Waals surface area contributed by atoms with Crippen molar-refractivity contribution in [2.75, 3.05) is 6.54 Å². The number of hydrogen-bond donors (Lipinski definition) is 0. The fraction of sp³-hybridized carbons (Fsp3) is 0.562. The minimum absolute atomic E-state index is 0.0165. The van der Waals surface area contributed by atoms with Gasteiger partial charge in [-0.25, -0.2) is 0 Å². The summed E-state index contributed by atoms with van der Waals surface area (Å²) in [6, 6.07) is 0. The normalized spacial score (nSPS) is 18.6. The van der Waals surface area contributed by atoms with E-state index in [0.29, 0.717) is 12.8 Å². The minimum Gasteiger partial charge on any atom is -0.330 e. The molecule has 10 nitrogen and oxygen atoms in total. The van der Waals surface area contributed by atoms with Gasteiger partial charge in [-0.15, -0.1) is 4.31 Å². The fourth-order valence-corrected chi connectivity index (χ4v) is 3.90. The molecule has 2 aliphatic rings. The van der Waals surface area contributed by atoms with Gasteiger partial charge in [-0.1, -0.05) is 13.3 Å². The summed E-state index contributed by atoms with van der Waals surface area (Å²) >= 11 is 0.